The molecule has 0 atom stereocenters. The summed E-state index contributed by atoms with van der Waals surface area (Å²) in [5, 5.41) is 4.03. The fraction of sp³-hybridized carbons (Fsp3) is 0.0476. The van der Waals surface area contributed by atoms with Crippen LogP contribution in [0.5, 0.6) is 5.75 Å². The highest BCUT2D eigenvalue weighted by Crippen LogP contribution is 2.35. The van der Waals surface area contributed by atoms with Gasteiger partial charge in [-0.2, -0.15) is 5.10 Å². The van der Waals surface area contributed by atoms with Gasteiger partial charge in [0.1, 0.15) is 12.4 Å². The predicted molar refractivity (Wildman–Crippen MR) is 130 cm³/mol. The number of nitrogens with zero attached hydrogens (tertiary/aromatic N) is 1. The molecule has 8 heteroatoms. The molecule has 148 valence electrons. The lowest BCUT2D eigenvalue weighted by Crippen LogP contribution is -2.17. The lowest BCUT2D eigenvalue weighted by Gasteiger charge is -2.11. The molecule has 0 spiro atoms. The number of nitrogens with one attached hydrogen (secondary N) is 1. The maximum Gasteiger partial charge on any atom is 0.271 e. The zero-order valence-corrected chi connectivity index (χ0v) is 21.2. The van der Waals surface area contributed by atoms with Crippen molar-refractivity contribution in [1.82, 2.24) is 5.43 Å². The maximum absolute atomic E-state index is 12.1. The first-order valence-corrected chi connectivity index (χ1v) is 11.5. The van der Waals surface area contributed by atoms with E-state index in [9.17, 15) is 4.79 Å². The van der Waals surface area contributed by atoms with E-state index in [-0.39, 0.29) is 5.91 Å². The minimum Gasteiger partial charge on any atom is -0.487 e. The van der Waals surface area contributed by atoms with Gasteiger partial charge in [0, 0.05) is 14.5 Å². The molecule has 0 radical (unpaired) electrons. The van der Waals surface area contributed by atoms with Crippen molar-refractivity contribution >= 4 is 75.8 Å². The quantitative estimate of drug-likeness (QED) is 0.230. The molecule has 3 aromatic rings. The highest BCUT2D eigenvalue weighted by Gasteiger charge is 2.09. The molecular weight excluding hydrogens is 632 g/mol. The molecular formula is C21H14Br4N2O2. The molecule has 0 heterocycles. The minimum atomic E-state index is -0.277. The third kappa shape index (κ3) is 6.50. The molecule has 0 aliphatic carbocycles. The van der Waals surface area contributed by atoms with Crippen LogP contribution < -0.4 is 10.2 Å². The van der Waals surface area contributed by atoms with Gasteiger partial charge in [0.2, 0.25) is 0 Å². The van der Waals surface area contributed by atoms with Crippen LogP contribution in [0.1, 0.15) is 21.5 Å². The van der Waals surface area contributed by atoms with Gasteiger partial charge < -0.3 is 4.74 Å². The zero-order chi connectivity index (χ0) is 20.8. The molecule has 0 saturated heterocycles. The molecule has 0 aromatic heterocycles. The van der Waals surface area contributed by atoms with Gasteiger partial charge in [-0.3, -0.25) is 4.79 Å². The number of hydrogen-bond donors (Lipinski definition) is 1. The summed E-state index contributed by atoms with van der Waals surface area (Å²) in [5.41, 5.74) is 4.92. The number of carbonyl (C=O) groups is 1. The Bertz CT molecular complexity index is 1010. The Morgan fingerprint density at radius 2 is 1.45 bits per heavy atom. The molecule has 0 fully saturated rings. The average Bonchev–Trinajstić information content (AvgIpc) is 2.69. The summed E-state index contributed by atoms with van der Waals surface area (Å²) in [7, 11) is 0. The van der Waals surface area contributed by atoms with Gasteiger partial charge in [0.25, 0.3) is 5.91 Å². The molecule has 4 nitrogen and oxygen atoms in total. The summed E-state index contributed by atoms with van der Waals surface area (Å²) in [4.78, 5) is 12.1. The van der Waals surface area contributed by atoms with Crippen LogP contribution in [-0.4, -0.2) is 12.1 Å². The largest absolute Gasteiger partial charge is 0.487 e. The lowest BCUT2D eigenvalue weighted by atomic mass is 10.2. The van der Waals surface area contributed by atoms with Crippen molar-refractivity contribution in [2.24, 2.45) is 5.10 Å². The summed E-state index contributed by atoms with van der Waals surface area (Å²) < 4.78 is 9.43. The monoisotopic (exact) mass is 642 g/mol. The smallest absolute Gasteiger partial charge is 0.271 e. The fourth-order valence-electron chi connectivity index (χ4n) is 2.36. The zero-order valence-electron chi connectivity index (χ0n) is 14.8. The first-order valence-electron chi connectivity index (χ1n) is 8.37. The van der Waals surface area contributed by atoms with E-state index in [1.54, 1.807) is 30.5 Å². The molecule has 3 rings (SSSR count). The van der Waals surface area contributed by atoms with Gasteiger partial charge in [-0.15, -0.1) is 0 Å². The van der Waals surface area contributed by atoms with Crippen molar-refractivity contribution < 1.29 is 9.53 Å². The predicted octanol–water partition coefficient (Wildman–Crippen LogP) is 7.08. The topological polar surface area (TPSA) is 50.7 Å². The normalized spacial score (nSPS) is 10.9. The third-order valence-electron chi connectivity index (χ3n) is 3.80. The van der Waals surface area contributed by atoms with Gasteiger partial charge in [0.15, 0.2) is 0 Å². The standard InChI is InChI=1S/C21H14Br4N2O2/c22-16-5-1-13(2-6-16)12-29-20-18(24)9-14(10-19(20)25)11-26-27-21(28)15-3-7-17(23)8-4-15/h1-11H,12H2,(H,27,28)/b26-11-. The highest BCUT2D eigenvalue weighted by atomic mass is 79.9. The van der Waals surface area contributed by atoms with Crippen LogP contribution in [0.2, 0.25) is 0 Å². The lowest BCUT2D eigenvalue weighted by molar-refractivity contribution is 0.0955. The molecule has 0 aliphatic rings. The summed E-state index contributed by atoms with van der Waals surface area (Å²) in [5.74, 6) is 0.422. The van der Waals surface area contributed by atoms with Crippen molar-refractivity contribution in [1.29, 1.82) is 0 Å². The molecule has 0 unspecified atom stereocenters. The van der Waals surface area contributed by atoms with Gasteiger partial charge in [-0.1, -0.05) is 44.0 Å². The molecule has 1 amide bonds. The van der Waals surface area contributed by atoms with E-state index in [2.05, 4.69) is 74.2 Å². The van der Waals surface area contributed by atoms with E-state index < -0.39 is 0 Å². The number of ether oxygens (including phenoxy) is 1. The Hall–Kier alpha value is -1.48. The average molecular weight is 646 g/mol. The summed E-state index contributed by atoms with van der Waals surface area (Å²) in [6, 6.07) is 18.8. The fourth-order valence-corrected chi connectivity index (χ4v) is 4.34. The van der Waals surface area contributed by atoms with Crippen molar-refractivity contribution in [2.45, 2.75) is 6.61 Å². The second-order valence-electron chi connectivity index (χ2n) is 5.93. The van der Waals surface area contributed by atoms with E-state index in [4.69, 9.17) is 4.74 Å². The number of hydrazone groups is 1. The van der Waals surface area contributed by atoms with Gasteiger partial charge in [-0.05, 0) is 91.5 Å². The molecule has 0 saturated carbocycles. The minimum absolute atomic E-state index is 0.277. The SMILES string of the molecule is O=C(N/N=C\c1cc(Br)c(OCc2ccc(Br)cc2)c(Br)c1)c1ccc(Br)cc1. The van der Waals surface area contributed by atoms with Crippen LogP contribution in [0, 0.1) is 0 Å². The summed E-state index contributed by atoms with van der Waals surface area (Å²) >= 11 is 13.8. The van der Waals surface area contributed by atoms with Gasteiger partial charge in [-0.25, -0.2) is 5.43 Å². The third-order valence-corrected chi connectivity index (χ3v) is 6.04. The molecule has 0 aliphatic heterocycles. The van der Waals surface area contributed by atoms with Crippen molar-refractivity contribution in [3.05, 3.63) is 95.2 Å². The van der Waals surface area contributed by atoms with Crippen LogP contribution in [0.15, 0.2) is 83.7 Å². The Labute approximate surface area is 202 Å². The van der Waals surface area contributed by atoms with E-state index >= 15 is 0 Å². The van der Waals surface area contributed by atoms with E-state index in [1.165, 1.54) is 0 Å². The van der Waals surface area contributed by atoms with Crippen LogP contribution in [0.3, 0.4) is 0 Å². The molecule has 29 heavy (non-hydrogen) atoms. The molecule has 0 bridgehead atoms. The second kappa shape index (κ2) is 10.5. The number of carbonyl (C=O) groups excluding carboxylic acids is 1. The van der Waals surface area contributed by atoms with Crippen LogP contribution in [0.25, 0.3) is 0 Å². The first kappa shape index (κ1) is 22.2. The van der Waals surface area contributed by atoms with E-state index in [1.807, 2.05) is 36.4 Å². The Morgan fingerprint density at radius 3 is 2.03 bits per heavy atom. The summed E-state index contributed by atoms with van der Waals surface area (Å²) in [6.07, 6.45) is 1.57. The van der Waals surface area contributed by atoms with E-state index in [0.29, 0.717) is 17.9 Å². The van der Waals surface area contributed by atoms with Crippen LogP contribution in [0.4, 0.5) is 0 Å². The summed E-state index contributed by atoms with van der Waals surface area (Å²) in [6.45, 7) is 0.446. The Kier molecular flexibility index (Phi) is 8.06. The van der Waals surface area contributed by atoms with Gasteiger partial charge >= 0.3 is 0 Å². The number of benzene rings is 3. The van der Waals surface area contributed by atoms with Gasteiger partial charge in [0.05, 0.1) is 15.2 Å². The number of halogens is 4. The highest BCUT2D eigenvalue weighted by molar-refractivity contribution is 9.11. The van der Waals surface area contributed by atoms with Crippen molar-refractivity contribution in [3.63, 3.8) is 0 Å². The Morgan fingerprint density at radius 1 is 0.897 bits per heavy atom. The van der Waals surface area contributed by atoms with Crippen molar-refractivity contribution in [3.8, 4) is 5.75 Å². The van der Waals surface area contributed by atoms with Crippen molar-refractivity contribution in [2.75, 3.05) is 0 Å². The van der Waals surface area contributed by atoms with E-state index in [0.717, 1.165) is 29.0 Å². The van der Waals surface area contributed by atoms with Crippen LogP contribution in [-0.2, 0) is 6.61 Å². The number of hydrogen-bond acceptors (Lipinski definition) is 3. The first-order chi connectivity index (χ1) is 13.9. The maximum atomic E-state index is 12.1. The number of rotatable bonds is 6. The number of amides is 1. The van der Waals surface area contributed by atoms with Crippen LogP contribution >= 0.6 is 63.7 Å². The second-order valence-corrected chi connectivity index (χ2v) is 9.47. The Balaban J connectivity index is 1.63. The molecule has 1 N–H and O–H groups in total. The molecule has 3 aromatic carbocycles.